The van der Waals surface area contributed by atoms with Gasteiger partial charge in [-0.1, -0.05) is 18.2 Å². The zero-order valence-corrected chi connectivity index (χ0v) is 10.4. The van der Waals surface area contributed by atoms with Crippen LogP contribution in [0.1, 0.15) is 12.5 Å². The van der Waals surface area contributed by atoms with Gasteiger partial charge in [0, 0.05) is 5.56 Å². The summed E-state index contributed by atoms with van der Waals surface area (Å²) in [6.07, 6.45) is 2.73. The monoisotopic (exact) mass is 260 g/mol. The van der Waals surface area contributed by atoms with Crippen molar-refractivity contribution in [1.29, 1.82) is 5.26 Å². The van der Waals surface area contributed by atoms with Gasteiger partial charge in [-0.2, -0.15) is 10.4 Å². The molecule has 0 bridgehead atoms. The van der Waals surface area contributed by atoms with Crippen LogP contribution in [-0.2, 0) is 12.1 Å². The first-order valence-electron chi connectivity index (χ1n) is 5.77. The summed E-state index contributed by atoms with van der Waals surface area (Å²) >= 11 is 0. The molecule has 2 atom stereocenters. The van der Waals surface area contributed by atoms with E-state index in [0.717, 1.165) is 0 Å². The van der Waals surface area contributed by atoms with Crippen LogP contribution in [0.2, 0.25) is 0 Å². The van der Waals surface area contributed by atoms with Crippen molar-refractivity contribution < 1.29 is 9.50 Å². The molecule has 1 aromatic heterocycles. The average Bonchev–Trinajstić information content (AvgIpc) is 2.90. The molecule has 0 aliphatic rings. The highest BCUT2D eigenvalue weighted by atomic mass is 19.1. The van der Waals surface area contributed by atoms with E-state index in [9.17, 15) is 9.50 Å². The molecule has 1 heterocycles. The van der Waals surface area contributed by atoms with E-state index in [2.05, 4.69) is 10.1 Å². The summed E-state index contributed by atoms with van der Waals surface area (Å²) in [4.78, 5) is 3.77. The fourth-order valence-corrected chi connectivity index (χ4v) is 1.94. The highest BCUT2D eigenvalue weighted by molar-refractivity contribution is 5.26. The number of aromatic nitrogens is 3. The minimum Gasteiger partial charge on any atom is -0.382 e. The first kappa shape index (κ1) is 13.2. The van der Waals surface area contributed by atoms with Crippen LogP contribution < -0.4 is 0 Å². The number of nitriles is 1. The van der Waals surface area contributed by atoms with Crippen molar-refractivity contribution in [2.75, 3.05) is 0 Å². The van der Waals surface area contributed by atoms with Crippen molar-refractivity contribution in [1.82, 2.24) is 14.8 Å². The van der Waals surface area contributed by atoms with Crippen molar-refractivity contribution in [2.45, 2.75) is 19.1 Å². The molecule has 1 aromatic carbocycles. The summed E-state index contributed by atoms with van der Waals surface area (Å²) in [7, 11) is 0. The fraction of sp³-hybridized carbons (Fsp3) is 0.308. The summed E-state index contributed by atoms with van der Waals surface area (Å²) in [5, 5.41) is 23.7. The normalized spacial score (nSPS) is 15.5. The molecule has 1 N–H and O–H groups in total. The van der Waals surface area contributed by atoms with E-state index in [4.69, 9.17) is 5.26 Å². The largest absolute Gasteiger partial charge is 0.382 e. The molecular weight excluding hydrogens is 247 g/mol. The number of aliphatic hydroxyl groups is 1. The Morgan fingerprint density at radius 3 is 2.84 bits per heavy atom. The third-order valence-electron chi connectivity index (χ3n) is 3.12. The molecule has 0 spiro atoms. The van der Waals surface area contributed by atoms with Gasteiger partial charge in [0.25, 0.3) is 0 Å². The van der Waals surface area contributed by atoms with Gasteiger partial charge >= 0.3 is 0 Å². The Kier molecular flexibility index (Phi) is 3.58. The molecule has 5 nitrogen and oxygen atoms in total. The maximum absolute atomic E-state index is 13.9. The second kappa shape index (κ2) is 5.16. The number of hydrogen-bond acceptors (Lipinski definition) is 4. The Morgan fingerprint density at radius 2 is 2.26 bits per heavy atom. The van der Waals surface area contributed by atoms with Gasteiger partial charge in [-0.25, -0.2) is 14.1 Å². The topological polar surface area (TPSA) is 74.7 Å². The molecular formula is C13H13FN4O. The highest BCUT2D eigenvalue weighted by Gasteiger charge is 2.39. The van der Waals surface area contributed by atoms with Crippen molar-refractivity contribution in [3.8, 4) is 6.07 Å². The number of nitrogens with zero attached hydrogens (tertiary/aromatic N) is 4. The molecule has 6 heteroatoms. The second-order valence-electron chi connectivity index (χ2n) is 4.35. The maximum atomic E-state index is 13.9. The zero-order valence-electron chi connectivity index (χ0n) is 10.4. The van der Waals surface area contributed by atoms with E-state index in [1.165, 1.54) is 35.5 Å². The van der Waals surface area contributed by atoms with Crippen molar-refractivity contribution in [2.24, 2.45) is 5.92 Å². The second-order valence-corrected chi connectivity index (χ2v) is 4.35. The third kappa shape index (κ3) is 2.46. The molecule has 98 valence electrons. The Balaban J connectivity index is 2.46. The average molecular weight is 260 g/mol. The summed E-state index contributed by atoms with van der Waals surface area (Å²) in [6, 6.07) is 7.85. The first-order chi connectivity index (χ1) is 9.08. The maximum Gasteiger partial charge on any atom is 0.137 e. The van der Waals surface area contributed by atoms with E-state index in [-0.39, 0.29) is 12.1 Å². The standard InChI is InChI=1S/C13H13FN4O/c1-10(6-15)13(19,7-18-9-16-8-17-18)11-4-2-3-5-12(11)14/h2-5,8-10,19H,7H2,1H3/t10-,13-/m1/s1. The smallest absolute Gasteiger partial charge is 0.137 e. The summed E-state index contributed by atoms with van der Waals surface area (Å²) in [5.74, 6) is -1.35. The van der Waals surface area contributed by atoms with Crippen LogP contribution in [0, 0.1) is 23.1 Å². The number of rotatable bonds is 4. The van der Waals surface area contributed by atoms with Crippen LogP contribution in [0.4, 0.5) is 4.39 Å². The molecule has 0 aliphatic heterocycles. The lowest BCUT2D eigenvalue weighted by Gasteiger charge is -2.31. The quantitative estimate of drug-likeness (QED) is 0.903. The predicted molar refractivity (Wildman–Crippen MR) is 65.1 cm³/mol. The van der Waals surface area contributed by atoms with Gasteiger partial charge in [-0.05, 0) is 13.0 Å². The number of hydrogen-bond donors (Lipinski definition) is 1. The Labute approximate surface area is 109 Å². The molecule has 0 radical (unpaired) electrons. The number of benzene rings is 1. The fourth-order valence-electron chi connectivity index (χ4n) is 1.94. The van der Waals surface area contributed by atoms with Crippen LogP contribution in [0.15, 0.2) is 36.9 Å². The lowest BCUT2D eigenvalue weighted by molar-refractivity contribution is -0.0197. The van der Waals surface area contributed by atoms with Gasteiger partial charge < -0.3 is 5.11 Å². The van der Waals surface area contributed by atoms with Crippen LogP contribution >= 0.6 is 0 Å². The minimum absolute atomic E-state index is 0.0390. The Morgan fingerprint density at radius 1 is 1.53 bits per heavy atom. The van der Waals surface area contributed by atoms with E-state index >= 15 is 0 Å². The molecule has 2 aromatic rings. The van der Waals surface area contributed by atoms with Gasteiger partial charge in [0.05, 0.1) is 18.5 Å². The van der Waals surface area contributed by atoms with Crippen LogP contribution in [-0.4, -0.2) is 19.9 Å². The summed E-state index contributed by atoms with van der Waals surface area (Å²) < 4.78 is 15.3. The SMILES string of the molecule is C[C@H](C#N)[C@](O)(Cn1cncn1)c1ccccc1F. The minimum atomic E-state index is -1.66. The van der Waals surface area contributed by atoms with Gasteiger partial charge in [0.1, 0.15) is 24.1 Å². The molecule has 0 aliphatic carbocycles. The summed E-state index contributed by atoms with van der Waals surface area (Å²) in [5.41, 5.74) is -1.58. The van der Waals surface area contributed by atoms with E-state index in [0.29, 0.717) is 0 Å². The molecule has 0 saturated heterocycles. The summed E-state index contributed by atoms with van der Waals surface area (Å²) in [6.45, 7) is 1.51. The first-order valence-corrected chi connectivity index (χ1v) is 5.77. The van der Waals surface area contributed by atoms with Crippen LogP contribution in [0.5, 0.6) is 0 Å². The lowest BCUT2D eigenvalue weighted by Crippen LogP contribution is -2.38. The van der Waals surface area contributed by atoms with Gasteiger partial charge in [0.15, 0.2) is 0 Å². The zero-order chi connectivity index (χ0) is 13.9. The Bertz CT molecular complexity index is 593. The highest BCUT2D eigenvalue weighted by Crippen LogP contribution is 2.32. The van der Waals surface area contributed by atoms with E-state index < -0.39 is 17.3 Å². The molecule has 0 saturated carbocycles. The van der Waals surface area contributed by atoms with Crippen molar-refractivity contribution in [3.63, 3.8) is 0 Å². The van der Waals surface area contributed by atoms with Crippen LogP contribution in [0.25, 0.3) is 0 Å². The molecule has 0 unspecified atom stereocenters. The van der Waals surface area contributed by atoms with Gasteiger partial charge in [0.2, 0.25) is 0 Å². The predicted octanol–water partition coefficient (Wildman–Crippen LogP) is 1.46. The molecule has 0 fully saturated rings. The van der Waals surface area contributed by atoms with E-state index in [1.807, 2.05) is 6.07 Å². The third-order valence-corrected chi connectivity index (χ3v) is 3.12. The van der Waals surface area contributed by atoms with Crippen LogP contribution in [0.3, 0.4) is 0 Å². The lowest BCUT2D eigenvalue weighted by atomic mass is 9.82. The van der Waals surface area contributed by atoms with E-state index in [1.54, 1.807) is 13.0 Å². The molecule has 19 heavy (non-hydrogen) atoms. The number of halogens is 1. The van der Waals surface area contributed by atoms with Gasteiger partial charge in [-0.15, -0.1) is 0 Å². The Hall–Kier alpha value is -2.26. The molecule has 2 rings (SSSR count). The van der Waals surface area contributed by atoms with Gasteiger partial charge in [-0.3, -0.25) is 0 Å². The molecule has 0 amide bonds. The van der Waals surface area contributed by atoms with Crippen molar-refractivity contribution >= 4 is 0 Å². The van der Waals surface area contributed by atoms with Crippen molar-refractivity contribution in [3.05, 3.63) is 48.3 Å².